The summed E-state index contributed by atoms with van der Waals surface area (Å²) in [6, 6.07) is 14.3. The van der Waals surface area contributed by atoms with E-state index in [1.165, 1.54) is 24.8 Å². The fourth-order valence-electron chi connectivity index (χ4n) is 5.29. The summed E-state index contributed by atoms with van der Waals surface area (Å²) in [7, 11) is 0. The summed E-state index contributed by atoms with van der Waals surface area (Å²) in [4.78, 5) is 22.2. The first kappa shape index (κ1) is 22.6. The summed E-state index contributed by atoms with van der Waals surface area (Å²) >= 11 is 0. The van der Waals surface area contributed by atoms with E-state index >= 15 is 0 Å². The van der Waals surface area contributed by atoms with Crippen molar-refractivity contribution in [3.8, 4) is 39.7 Å². The van der Waals surface area contributed by atoms with Crippen LogP contribution in [0.3, 0.4) is 0 Å². The predicted octanol–water partition coefficient (Wildman–Crippen LogP) is 6.65. The van der Waals surface area contributed by atoms with Gasteiger partial charge in [0.05, 0.1) is 40.7 Å². The second-order valence-corrected chi connectivity index (χ2v) is 9.99. The molecule has 0 bridgehead atoms. The summed E-state index contributed by atoms with van der Waals surface area (Å²) in [5.41, 5.74) is 8.90. The molecule has 6 aromatic rings. The molecule has 7 rings (SSSR count). The highest BCUT2D eigenvalue weighted by atomic mass is 16.5. The lowest BCUT2D eigenvalue weighted by Gasteiger charge is -2.22. The van der Waals surface area contributed by atoms with Gasteiger partial charge in [-0.05, 0) is 56.4 Å². The number of pyridine rings is 3. The predicted molar refractivity (Wildman–Crippen MR) is 148 cm³/mol. The van der Waals surface area contributed by atoms with Crippen LogP contribution in [-0.2, 0) is 0 Å². The fourth-order valence-corrected chi connectivity index (χ4v) is 5.29. The molecule has 0 spiro atoms. The first-order valence-electron chi connectivity index (χ1n) is 13.1. The molecule has 0 amide bonds. The number of aryl methyl sites for hydroxylation is 1. The van der Waals surface area contributed by atoms with Gasteiger partial charge in [0.2, 0.25) is 0 Å². The van der Waals surface area contributed by atoms with Crippen molar-refractivity contribution in [2.24, 2.45) is 0 Å². The molecule has 0 unspecified atom stereocenters. The average molecular weight is 502 g/mol. The molecule has 5 heterocycles. The van der Waals surface area contributed by atoms with Crippen molar-refractivity contribution in [3.63, 3.8) is 0 Å². The minimum absolute atomic E-state index is 0.268. The van der Waals surface area contributed by atoms with Crippen LogP contribution in [0.2, 0.25) is 0 Å². The van der Waals surface area contributed by atoms with Gasteiger partial charge in [-0.25, -0.2) is 9.97 Å². The lowest BCUT2D eigenvalue weighted by molar-refractivity contribution is 0.154. The van der Waals surface area contributed by atoms with Crippen molar-refractivity contribution in [1.82, 2.24) is 35.1 Å². The number of hydrogen-bond donors (Lipinski definition) is 2. The molecule has 1 saturated carbocycles. The highest BCUT2D eigenvalue weighted by Gasteiger charge is 2.18. The van der Waals surface area contributed by atoms with E-state index in [4.69, 9.17) is 14.7 Å². The molecule has 8 nitrogen and oxygen atoms in total. The normalized spacial score (nSPS) is 14.3. The largest absolute Gasteiger partial charge is 0.489 e. The monoisotopic (exact) mass is 501 g/mol. The zero-order valence-electron chi connectivity index (χ0n) is 21.1. The Kier molecular flexibility index (Phi) is 5.57. The Hall–Kier alpha value is -4.59. The molecule has 188 valence electrons. The second kappa shape index (κ2) is 9.37. The van der Waals surface area contributed by atoms with Crippen LogP contribution in [0, 0.1) is 6.92 Å². The number of aromatic nitrogens is 7. The van der Waals surface area contributed by atoms with E-state index < -0.39 is 0 Å². The first-order valence-corrected chi connectivity index (χ1v) is 13.1. The van der Waals surface area contributed by atoms with Gasteiger partial charge in [-0.3, -0.25) is 15.1 Å². The summed E-state index contributed by atoms with van der Waals surface area (Å²) in [6.07, 6.45) is 13.5. The van der Waals surface area contributed by atoms with Gasteiger partial charge in [-0.2, -0.15) is 5.10 Å². The van der Waals surface area contributed by atoms with Crippen molar-refractivity contribution >= 4 is 22.1 Å². The van der Waals surface area contributed by atoms with Crippen molar-refractivity contribution in [3.05, 3.63) is 72.8 Å². The van der Waals surface area contributed by atoms with Crippen LogP contribution in [0.4, 0.5) is 0 Å². The number of hydrogen-bond acceptors (Lipinski definition) is 6. The van der Waals surface area contributed by atoms with Crippen LogP contribution < -0.4 is 4.74 Å². The molecule has 1 aliphatic rings. The minimum atomic E-state index is 0.268. The number of nitrogens with zero attached hydrogens (tertiary/aromatic N) is 5. The van der Waals surface area contributed by atoms with Crippen LogP contribution in [0.15, 0.2) is 67.3 Å². The molecule has 0 saturated heterocycles. The number of nitrogens with one attached hydrogen (secondary N) is 2. The Morgan fingerprint density at radius 3 is 2.61 bits per heavy atom. The number of ether oxygens (including phenoxy) is 1. The maximum atomic E-state index is 6.24. The number of H-pyrrole nitrogens is 2. The molecule has 0 radical (unpaired) electrons. The van der Waals surface area contributed by atoms with Gasteiger partial charge in [0.15, 0.2) is 11.5 Å². The van der Waals surface area contributed by atoms with Gasteiger partial charge >= 0.3 is 0 Å². The van der Waals surface area contributed by atoms with Gasteiger partial charge in [0.1, 0.15) is 11.3 Å². The minimum Gasteiger partial charge on any atom is -0.489 e. The molecule has 2 N–H and O–H groups in total. The summed E-state index contributed by atoms with van der Waals surface area (Å²) in [6.45, 7) is 2.08. The Morgan fingerprint density at radius 1 is 0.816 bits per heavy atom. The Morgan fingerprint density at radius 2 is 1.71 bits per heavy atom. The average Bonchev–Trinajstić information content (AvgIpc) is 3.57. The highest BCUT2D eigenvalue weighted by Crippen LogP contribution is 2.32. The Balaban J connectivity index is 1.26. The van der Waals surface area contributed by atoms with E-state index in [9.17, 15) is 0 Å². The van der Waals surface area contributed by atoms with Crippen molar-refractivity contribution in [1.29, 1.82) is 0 Å². The highest BCUT2D eigenvalue weighted by molar-refractivity contribution is 5.95. The fraction of sp³-hybridized carbons (Fsp3) is 0.233. The molecular weight excluding hydrogens is 474 g/mol. The van der Waals surface area contributed by atoms with Gasteiger partial charge in [-0.1, -0.05) is 36.2 Å². The maximum absolute atomic E-state index is 6.24. The smallest absolute Gasteiger partial charge is 0.161 e. The van der Waals surface area contributed by atoms with E-state index in [1.54, 1.807) is 12.4 Å². The van der Waals surface area contributed by atoms with Crippen molar-refractivity contribution < 1.29 is 4.74 Å². The third kappa shape index (κ3) is 4.18. The molecule has 0 atom stereocenters. The van der Waals surface area contributed by atoms with Crippen LogP contribution in [-0.4, -0.2) is 41.2 Å². The lowest BCUT2D eigenvalue weighted by atomic mass is 9.98. The zero-order valence-corrected chi connectivity index (χ0v) is 21.1. The zero-order chi connectivity index (χ0) is 25.5. The van der Waals surface area contributed by atoms with E-state index in [0.717, 1.165) is 63.0 Å². The molecule has 5 aromatic heterocycles. The third-order valence-corrected chi connectivity index (χ3v) is 7.22. The Labute approximate surface area is 219 Å². The number of aromatic amines is 2. The van der Waals surface area contributed by atoms with Crippen LogP contribution in [0.1, 0.15) is 37.7 Å². The molecule has 8 heteroatoms. The summed E-state index contributed by atoms with van der Waals surface area (Å²) in [5, 5.41) is 7.67. The number of imidazole rings is 1. The maximum Gasteiger partial charge on any atom is 0.161 e. The van der Waals surface area contributed by atoms with E-state index in [2.05, 4.69) is 50.3 Å². The first-order chi connectivity index (χ1) is 18.7. The SMILES string of the molecule is Cc1cccc(-c2cncc3[nH]c(-c4n[nH]c5ccc(-c6cncc(OC7CCCCC7)c6)nc45)nc23)c1. The van der Waals surface area contributed by atoms with Gasteiger partial charge in [0.25, 0.3) is 0 Å². The van der Waals surface area contributed by atoms with Crippen LogP contribution >= 0.6 is 0 Å². The molecule has 1 fully saturated rings. The van der Waals surface area contributed by atoms with E-state index in [1.807, 2.05) is 36.7 Å². The Bertz CT molecular complexity index is 1760. The number of fused-ring (bicyclic) bond motifs is 2. The van der Waals surface area contributed by atoms with Crippen LogP contribution in [0.5, 0.6) is 5.75 Å². The van der Waals surface area contributed by atoms with Gasteiger partial charge in [0, 0.05) is 23.5 Å². The van der Waals surface area contributed by atoms with Crippen molar-refractivity contribution in [2.75, 3.05) is 0 Å². The number of benzene rings is 1. The molecule has 0 aliphatic heterocycles. The lowest BCUT2D eigenvalue weighted by Crippen LogP contribution is -2.19. The van der Waals surface area contributed by atoms with Crippen molar-refractivity contribution in [2.45, 2.75) is 45.1 Å². The summed E-state index contributed by atoms with van der Waals surface area (Å²) in [5.74, 6) is 1.43. The van der Waals surface area contributed by atoms with E-state index in [0.29, 0.717) is 11.5 Å². The molecule has 1 aromatic carbocycles. The van der Waals surface area contributed by atoms with Crippen LogP contribution in [0.25, 0.3) is 56.0 Å². The quantitative estimate of drug-likeness (QED) is 0.274. The van der Waals surface area contributed by atoms with Gasteiger partial charge < -0.3 is 9.72 Å². The topological polar surface area (TPSA) is 105 Å². The molecule has 1 aliphatic carbocycles. The third-order valence-electron chi connectivity index (χ3n) is 7.22. The number of rotatable bonds is 5. The summed E-state index contributed by atoms with van der Waals surface area (Å²) < 4.78 is 6.24. The second-order valence-electron chi connectivity index (χ2n) is 9.99. The molecule has 38 heavy (non-hydrogen) atoms. The van der Waals surface area contributed by atoms with E-state index in [-0.39, 0.29) is 6.10 Å². The molecular formula is C30H27N7O. The standard InChI is InChI=1S/C30H27N7O/c1-18-6-5-7-19(12-18)23-16-32-17-26-27(23)35-30(34-26)29-28-25(36-37-29)11-10-24(33-28)20-13-22(15-31-14-20)38-21-8-3-2-4-9-21/h5-7,10-17,21H,2-4,8-9H2,1H3,(H,34,35)(H,36,37). The van der Waals surface area contributed by atoms with Gasteiger partial charge in [-0.15, -0.1) is 0 Å².